The highest BCUT2D eigenvalue weighted by Gasteiger charge is 2.22. The van der Waals surface area contributed by atoms with Crippen LogP contribution in [0, 0.1) is 11.8 Å². The number of amides is 1. The molecule has 1 amide bonds. The van der Waals surface area contributed by atoms with Gasteiger partial charge < -0.3 is 10.4 Å². The molecule has 0 radical (unpaired) electrons. The molecular formula is C15H20BrNO2. The zero-order valence-electron chi connectivity index (χ0n) is 11.2. The smallest absolute Gasteiger partial charge is 0.255 e. The number of benzene rings is 1. The van der Waals surface area contributed by atoms with E-state index in [4.69, 9.17) is 0 Å². The molecule has 1 aliphatic carbocycles. The van der Waals surface area contributed by atoms with E-state index in [1.807, 2.05) is 0 Å². The molecule has 19 heavy (non-hydrogen) atoms. The Balaban J connectivity index is 1.93. The Bertz CT molecular complexity index is 461. The number of carbonyl (C=O) groups excluding carboxylic acids is 1. The second kappa shape index (κ2) is 6.42. The fourth-order valence-corrected chi connectivity index (χ4v) is 3.06. The Labute approximate surface area is 122 Å². The molecule has 104 valence electrons. The third-order valence-electron chi connectivity index (χ3n) is 4.02. The normalized spacial score (nSPS) is 23.1. The minimum absolute atomic E-state index is 0.0172. The Kier molecular flexibility index (Phi) is 4.86. The van der Waals surface area contributed by atoms with E-state index in [-0.39, 0.29) is 11.7 Å². The molecule has 3 nitrogen and oxygen atoms in total. The maximum atomic E-state index is 12.0. The van der Waals surface area contributed by atoms with E-state index >= 15 is 0 Å². The second-order valence-corrected chi connectivity index (χ2v) is 6.31. The Hall–Kier alpha value is -1.03. The number of nitrogens with one attached hydrogen (secondary N) is 1. The van der Waals surface area contributed by atoms with Crippen LogP contribution in [0.5, 0.6) is 5.75 Å². The number of halogens is 1. The van der Waals surface area contributed by atoms with E-state index in [1.165, 1.54) is 31.7 Å². The van der Waals surface area contributed by atoms with E-state index < -0.39 is 0 Å². The molecular weight excluding hydrogens is 306 g/mol. The lowest BCUT2D eigenvalue weighted by molar-refractivity contribution is 0.0934. The van der Waals surface area contributed by atoms with Crippen molar-refractivity contribution in [2.75, 3.05) is 6.54 Å². The van der Waals surface area contributed by atoms with Crippen LogP contribution in [0.4, 0.5) is 0 Å². The van der Waals surface area contributed by atoms with Crippen LogP contribution < -0.4 is 5.32 Å². The first kappa shape index (κ1) is 14.4. The lowest BCUT2D eigenvalue weighted by Crippen LogP contribution is -2.33. The van der Waals surface area contributed by atoms with Gasteiger partial charge in [0.05, 0.1) is 5.56 Å². The van der Waals surface area contributed by atoms with E-state index in [2.05, 4.69) is 28.2 Å². The highest BCUT2D eigenvalue weighted by molar-refractivity contribution is 9.10. The van der Waals surface area contributed by atoms with Gasteiger partial charge in [-0.3, -0.25) is 4.79 Å². The summed E-state index contributed by atoms with van der Waals surface area (Å²) in [5.41, 5.74) is 0.340. The van der Waals surface area contributed by atoms with Gasteiger partial charge in [0.15, 0.2) is 0 Å². The van der Waals surface area contributed by atoms with Gasteiger partial charge in [-0.1, -0.05) is 42.1 Å². The molecule has 1 aromatic rings. The van der Waals surface area contributed by atoms with E-state index in [9.17, 15) is 9.90 Å². The largest absolute Gasteiger partial charge is 0.507 e. The fraction of sp³-hybridized carbons (Fsp3) is 0.533. The highest BCUT2D eigenvalue weighted by Crippen LogP contribution is 2.29. The number of hydrogen-bond donors (Lipinski definition) is 2. The molecule has 0 saturated heterocycles. The lowest BCUT2D eigenvalue weighted by atomic mass is 9.80. The van der Waals surface area contributed by atoms with Crippen LogP contribution in [0.2, 0.25) is 0 Å². The molecule has 0 spiro atoms. The summed E-state index contributed by atoms with van der Waals surface area (Å²) in [5, 5.41) is 12.7. The van der Waals surface area contributed by atoms with Gasteiger partial charge in [-0.05, 0) is 36.5 Å². The minimum Gasteiger partial charge on any atom is -0.507 e. The van der Waals surface area contributed by atoms with Crippen molar-refractivity contribution in [3.63, 3.8) is 0 Å². The Morgan fingerprint density at radius 2 is 2.16 bits per heavy atom. The summed E-state index contributed by atoms with van der Waals surface area (Å²) in [5.74, 6) is 1.06. The first-order chi connectivity index (χ1) is 9.08. The van der Waals surface area contributed by atoms with Gasteiger partial charge in [-0.2, -0.15) is 0 Å². The zero-order chi connectivity index (χ0) is 13.8. The van der Waals surface area contributed by atoms with Crippen LogP contribution in [0.15, 0.2) is 22.7 Å². The zero-order valence-corrected chi connectivity index (χ0v) is 12.7. The number of rotatable bonds is 3. The van der Waals surface area contributed by atoms with Crippen LogP contribution in [-0.4, -0.2) is 17.6 Å². The maximum absolute atomic E-state index is 12.0. The molecule has 2 rings (SSSR count). The average Bonchev–Trinajstić information content (AvgIpc) is 2.37. The number of aromatic hydroxyl groups is 1. The van der Waals surface area contributed by atoms with Gasteiger partial charge in [0.25, 0.3) is 5.91 Å². The summed E-state index contributed by atoms with van der Waals surface area (Å²) in [7, 11) is 0. The molecule has 1 fully saturated rings. The monoisotopic (exact) mass is 325 g/mol. The highest BCUT2D eigenvalue weighted by atomic mass is 79.9. The third kappa shape index (κ3) is 3.72. The van der Waals surface area contributed by atoms with Crippen molar-refractivity contribution in [2.45, 2.75) is 32.6 Å². The van der Waals surface area contributed by atoms with Crippen molar-refractivity contribution < 1.29 is 9.90 Å². The quantitative estimate of drug-likeness (QED) is 0.889. The predicted molar refractivity (Wildman–Crippen MR) is 79.3 cm³/mol. The molecule has 0 aliphatic heterocycles. The van der Waals surface area contributed by atoms with E-state index in [0.717, 1.165) is 4.47 Å². The van der Waals surface area contributed by atoms with Crippen molar-refractivity contribution in [1.82, 2.24) is 5.32 Å². The molecule has 2 N–H and O–H groups in total. The predicted octanol–water partition coefficient (Wildman–Crippen LogP) is 3.71. The number of phenols is 1. The SMILES string of the molecule is CC1CCCCC1CNC(=O)c1ccc(Br)cc1O. The van der Waals surface area contributed by atoms with Gasteiger partial charge in [0.1, 0.15) is 5.75 Å². The summed E-state index contributed by atoms with van der Waals surface area (Å²) < 4.78 is 0.766. The summed E-state index contributed by atoms with van der Waals surface area (Å²) in [4.78, 5) is 12.0. The summed E-state index contributed by atoms with van der Waals surface area (Å²) in [6, 6.07) is 4.94. The van der Waals surface area contributed by atoms with Crippen LogP contribution in [0.25, 0.3) is 0 Å². The second-order valence-electron chi connectivity index (χ2n) is 5.39. The lowest BCUT2D eigenvalue weighted by Gasteiger charge is -2.28. The van der Waals surface area contributed by atoms with Crippen molar-refractivity contribution in [3.05, 3.63) is 28.2 Å². The molecule has 2 unspecified atom stereocenters. The number of phenolic OH excluding ortho intramolecular Hbond substituents is 1. The van der Waals surface area contributed by atoms with Gasteiger partial charge in [-0.15, -0.1) is 0 Å². The third-order valence-corrected chi connectivity index (χ3v) is 4.51. The van der Waals surface area contributed by atoms with E-state index in [0.29, 0.717) is 23.9 Å². The standard InChI is InChI=1S/C15H20BrNO2/c1-10-4-2-3-5-11(10)9-17-15(19)13-7-6-12(16)8-14(13)18/h6-8,10-11,18H,2-5,9H2,1H3,(H,17,19). The number of carbonyl (C=O) groups is 1. The molecule has 4 heteroatoms. The minimum atomic E-state index is -0.192. The van der Waals surface area contributed by atoms with Crippen molar-refractivity contribution in [3.8, 4) is 5.75 Å². The Morgan fingerprint density at radius 1 is 1.42 bits per heavy atom. The summed E-state index contributed by atoms with van der Waals surface area (Å²) >= 11 is 3.26. The van der Waals surface area contributed by atoms with Gasteiger partial charge in [0, 0.05) is 11.0 Å². The summed E-state index contributed by atoms with van der Waals surface area (Å²) in [6.07, 6.45) is 5.01. The van der Waals surface area contributed by atoms with Crippen LogP contribution >= 0.6 is 15.9 Å². The first-order valence-corrected chi connectivity index (χ1v) is 7.64. The van der Waals surface area contributed by atoms with Gasteiger partial charge >= 0.3 is 0 Å². The maximum Gasteiger partial charge on any atom is 0.255 e. The number of hydrogen-bond acceptors (Lipinski definition) is 2. The van der Waals surface area contributed by atoms with Crippen molar-refractivity contribution in [1.29, 1.82) is 0 Å². The van der Waals surface area contributed by atoms with Crippen LogP contribution in [0.3, 0.4) is 0 Å². The van der Waals surface area contributed by atoms with Crippen molar-refractivity contribution >= 4 is 21.8 Å². The van der Waals surface area contributed by atoms with Gasteiger partial charge in [0.2, 0.25) is 0 Å². The van der Waals surface area contributed by atoms with Crippen molar-refractivity contribution in [2.24, 2.45) is 11.8 Å². The van der Waals surface area contributed by atoms with Gasteiger partial charge in [-0.25, -0.2) is 0 Å². The molecule has 0 bridgehead atoms. The first-order valence-electron chi connectivity index (χ1n) is 6.84. The summed E-state index contributed by atoms with van der Waals surface area (Å²) in [6.45, 7) is 2.96. The molecule has 2 atom stereocenters. The molecule has 1 aliphatic rings. The van der Waals surface area contributed by atoms with Crippen LogP contribution in [0.1, 0.15) is 43.0 Å². The van der Waals surface area contributed by atoms with Crippen LogP contribution in [-0.2, 0) is 0 Å². The average molecular weight is 326 g/mol. The Morgan fingerprint density at radius 3 is 2.84 bits per heavy atom. The van der Waals surface area contributed by atoms with E-state index in [1.54, 1.807) is 12.1 Å². The topological polar surface area (TPSA) is 49.3 Å². The molecule has 0 aromatic heterocycles. The molecule has 0 heterocycles. The molecule has 1 saturated carbocycles. The molecule has 1 aromatic carbocycles. The fourth-order valence-electron chi connectivity index (χ4n) is 2.71.